The molecule has 4 rings (SSSR count). The van der Waals surface area contributed by atoms with Gasteiger partial charge in [0, 0.05) is 23.9 Å². The number of carbonyl (C=O) groups excluding carboxylic acids is 1. The number of nitrogens with one attached hydrogen (secondary N) is 3. The van der Waals surface area contributed by atoms with Crippen LogP contribution in [0.15, 0.2) is 48.7 Å². The van der Waals surface area contributed by atoms with Crippen LogP contribution in [0.25, 0.3) is 33.5 Å². The molecule has 0 aliphatic heterocycles. The average molecular weight is 373 g/mol. The molecular weight excluding hydrogens is 354 g/mol. The molecular formula is C20H19N7O. The van der Waals surface area contributed by atoms with E-state index in [0.717, 1.165) is 33.7 Å². The molecule has 28 heavy (non-hydrogen) atoms. The Balaban J connectivity index is 1.86. The normalized spacial score (nSPS) is 10.8. The lowest BCUT2D eigenvalue weighted by Crippen LogP contribution is -2.28. The van der Waals surface area contributed by atoms with Crippen LogP contribution in [0, 0.1) is 6.92 Å². The first-order valence-electron chi connectivity index (χ1n) is 8.95. The maximum Gasteiger partial charge on any atom is 0.321 e. The molecule has 3 heterocycles. The number of carbonyl (C=O) groups is 1. The zero-order valence-corrected chi connectivity index (χ0v) is 15.5. The summed E-state index contributed by atoms with van der Waals surface area (Å²) in [6, 6.07) is 13.2. The van der Waals surface area contributed by atoms with E-state index >= 15 is 0 Å². The Morgan fingerprint density at radius 1 is 1.11 bits per heavy atom. The van der Waals surface area contributed by atoms with Crippen molar-refractivity contribution in [2.45, 2.75) is 13.8 Å². The van der Waals surface area contributed by atoms with Crippen molar-refractivity contribution in [1.29, 1.82) is 0 Å². The number of amides is 2. The number of pyridine rings is 1. The number of hydrogen-bond acceptors (Lipinski definition) is 5. The van der Waals surface area contributed by atoms with Gasteiger partial charge in [0.15, 0.2) is 0 Å². The van der Waals surface area contributed by atoms with Crippen molar-refractivity contribution in [2.75, 3.05) is 11.9 Å². The first-order valence-corrected chi connectivity index (χ1v) is 8.95. The first-order chi connectivity index (χ1) is 13.6. The average Bonchev–Trinajstić information content (AvgIpc) is 3.10. The molecule has 2 amide bonds. The van der Waals surface area contributed by atoms with E-state index in [2.05, 4.69) is 35.8 Å². The molecule has 8 heteroatoms. The van der Waals surface area contributed by atoms with Gasteiger partial charge in [0.25, 0.3) is 0 Å². The van der Waals surface area contributed by atoms with Crippen molar-refractivity contribution >= 4 is 23.0 Å². The van der Waals surface area contributed by atoms with Crippen molar-refractivity contribution in [3.63, 3.8) is 0 Å². The zero-order valence-electron chi connectivity index (χ0n) is 15.5. The largest absolute Gasteiger partial charge is 0.338 e. The molecule has 3 aromatic heterocycles. The third-order valence-electron chi connectivity index (χ3n) is 4.20. The van der Waals surface area contributed by atoms with Gasteiger partial charge in [-0.3, -0.25) is 10.3 Å². The Bertz CT molecular complexity index is 1120. The fourth-order valence-corrected chi connectivity index (χ4v) is 2.91. The lowest BCUT2D eigenvalue weighted by atomic mass is 10.0. The van der Waals surface area contributed by atoms with Crippen LogP contribution in [-0.4, -0.2) is 37.7 Å². The number of hydrogen-bond donors (Lipinski definition) is 3. The standard InChI is InChI=1S/C20H19N7O/c1-3-21-20(28)25-19-23-17-11-13(15-8-7-12(2)26-27-15)10-14(18(17)24-19)16-6-4-5-9-22-16/h4-11H,3H2,1-2H3,(H3,21,23,24,25,28). The SMILES string of the molecule is CCNC(=O)Nc1nc2cc(-c3ccc(C)nn3)cc(-c3ccccn3)c2[nH]1. The summed E-state index contributed by atoms with van der Waals surface area (Å²) in [7, 11) is 0. The summed E-state index contributed by atoms with van der Waals surface area (Å²) >= 11 is 0. The molecule has 0 fully saturated rings. The monoisotopic (exact) mass is 373 g/mol. The van der Waals surface area contributed by atoms with Crippen molar-refractivity contribution < 1.29 is 4.79 Å². The molecule has 4 aromatic rings. The highest BCUT2D eigenvalue weighted by Crippen LogP contribution is 2.32. The number of aromatic amines is 1. The molecule has 0 saturated heterocycles. The third-order valence-corrected chi connectivity index (χ3v) is 4.20. The smallest absolute Gasteiger partial charge is 0.321 e. The van der Waals surface area contributed by atoms with Crippen molar-refractivity contribution in [3.8, 4) is 22.5 Å². The number of aromatic nitrogens is 5. The quantitative estimate of drug-likeness (QED) is 0.507. The number of benzene rings is 1. The van der Waals surface area contributed by atoms with Crippen LogP contribution in [-0.2, 0) is 0 Å². The predicted molar refractivity (Wildman–Crippen MR) is 108 cm³/mol. The number of imidazole rings is 1. The fourth-order valence-electron chi connectivity index (χ4n) is 2.91. The minimum Gasteiger partial charge on any atom is -0.338 e. The molecule has 0 bridgehead atoms. The number of fused-ring (bicyclic) bond motifs is 1. The van der Waals surface area contributed by atoms with Crippen molar-refractivity contribution in [3.05, 3.63) is 54.4 Å². The molecule has 0 radical (unpaired) electrons. The molecule has 0 saturated carbocycles. The Morgan fingerprint density at radius 3 is 2.71 bits per heavy atom. The van der Waals surface area contributed by atoms with Crippen LogP contribution in [0.3, 0.4) is 0 Å². The van der Waals surface area contributed by atoms with Gasteiger partial charge in [-0.1, -0.05) is 6.07 Å². The highest BCUT2D eigenvalue weighted by molar-refractivity contribution is 5.97. The van der Waals surface area contributed by atoms with Crippen LogP contribution < -0.4 is 10.6 Å². The molecule has 3 N–H and O–H groups in total. The number of rotatable bonds is 4. The van der Waals surface area contributed by atoms with Gasteiger partial charge in [-0.05, 0) is 50.2 Å². The van der Waals surface area contributed by atoms with E-state index in [0.29, 0.717) is 18.0 Å². The highest BCUT2D eigenvalue weighted by Gasteiger charge is 2.15. The Kier molecular flexibility index (Phi) is 4.67. The van der Waals surface area contributed by atoms with E-state index in [1.165, 1.54) is 0 Å². The molecule has 140 valence electrons. The molecule has 0 spiro atoms. The second kappa shape index (κ2) is 7.43. The van der Waals surface area contributed by atoms with Gasteiger partial charge in [-0.2, -0.15) is 10.2 Å². The second-order valence-corrected chi connectivity index (χ2v) is 6.26. The molecule has 0 aliphatic rings. The number of H-pyrrole nitrogens is 1. The Labute approximate surface area is 161 Å². The summed E-state index contributed by atoms with van der Waals surface area (Å²) in [6.45, 7) is 4.28. The topological polar surface area (TPSA) is 108 Å². The molecule has 1 aromatic carbocycles. The summed E-state index contributed by atoms with van der Waals surface area (Å²) in [5.41, 5.74) is 5.61. The van der Waals surface area contributed by atoms with Gasteiger partial charge in [-0.25, -0.2) is 9.78 Å². The minimum atomic E-state index is -0.314. The van der Waals surface area contributed by atoms with Crippen molar-refractivity contribution in [2.24, 2.45) is 0 Å². The minimum absolute atomic E-state index is 0.314. The third kappa shape index (κ3) is 3.52. The number of nitrogens with zero attached hydrogens (tertiary/aromatic N) is 4. The lowest BCUT2D eigenvalue weighted by molar-refractivity contribution is 0.252. The van der Waals surface area contributed by atoms with Gasteiger partial charge in [0.2, 0.25) is 5.95 Å². The second-order valence-electron chi connectivity index (χ2n) is 6.26. The van der Waals surface area contributed by atoms with E-state index in [-0.39, 0.29) is 6.03 Å². The highest BCUT2D eigenvalue weighted by atomic mass is 16.2. The Hall–Kier alpha value is -3.81. The zero-order chi connectivity index (χ0) is 19.5. The van der Waals surface area contributed by atoms with E-state index in [9.17, 15) is 4.79 Å². The van der Waals surface area contributed by atoms with Crippen LogP contribution in [0.1, 0.15) is 12.6 Å². The van der Waals surface area contributed by atoms with Crippen LogP contribution >= 0.6 is 0 Å². The van der Waals surface area contributed by atoms with E-state index in [1.807, 2.05) is 56.3 Å². The first kappa shape index (κ1) is 17.6. The van der Waals surface area contributed by atoms with Crippen molar-refractivity contribution in [1.82, 2.24) is 30.5 Å². The molecule has 0 unspecified atom stereocenters. The van der Waals surface area contributed by atoms with E-state index in [4.69, 9.17) is 0 Å². The van der Waals surface area contributed by atoms with Gasteiger partial charge < -0.3 is 10.3 Å². The van der Waals surface area contributed by atoms with Gasteiger partial charge in [-0.15, -0.1) is 0 Å². The molecule has 0 atom stereocenters. The molecule has 0 aliphatic carbocycles. The van der Waals surface area contributed by atoms with Crippen LogP contribution in [0.5, 0.6) is 0 Å². The van der Waals surface area contributed by atoms with Gasteiger partial charge in [0.1, 0.15) is 0 Å². The summed E-state index contributed by atoms with van der Waals surface area (Å²) in [5, 5.41) is 13.8. The predicted octanol–water partition coefficient (Wildman–Crippen LogP) is 3.53. The fraction of sp³-hybridized carbons (Fsp3) is 0.150. The lowest BCUT2D eigenvalue weighted by Gasteiger charge is -2.06. The van der Waals surface area contributed by atoms with Gasteiger partial charge in [0.05, 0.1) is 28.1 Å². The van der Waals surface area contributed by atoms with E-state index in [1.54, 1.807) is 6.20 Å². The maximum atomic E-state index is 11.9. The van der Waals surface area contributed by atoms with Gasteiger partial charge >= 0.3 is 6.03 Å². The summed E-state index contributed by atoms with van der Waals surface area (Å²) in [6.07, 6.45) is 1.74. The number of urea groups is 1. The van der Waals surface area contributed by atoms with Crippen LogP contribution in [0.2, 0.25) is 0 Å². The maximum absolute atomic E-state index is 11.9. The van der Waals surface area contributed by atoms with Crippen LogP contribution in [0.4, 0.5) is 10.7 Å². The Morgan fingerprint density at radius 2 is 2.00 bits per heavy atom. The summed E-state index contributed by atoms with van der Waals surface area (Å²) in [5.74, 6) is 0.366. The van der Waals surface area contributed by atoms with E-state index < -0.39 is 0 Å². The molecule has 8 nitrogen and oxygen atoms in total. The summed E-state index contributed by atoms with van der Waals surface area (Å²) < 4.78 is 0. The summed E-state index contributed by atoms with van der Waals surface area (Å²) in [4.78, 5) is 24.0. The number of aryl methyl sites for hydroxylation is 1. The number of anilines is 1.